The van der Waals surface area contributed by atoms with Gasteiger partial charge in [0.1, 0.15) is 0 Å². The van der Waals surface area contributed by atoms with Gasteiger partial charge in [-0.2, -0.15) is 0 Å². The molecule has 2 heterocycles. The molecule has 6 heteroatoms. The summed E-state index contributed by atoms with van der Waals surface area (Å²) in [7, 11) is 2.15. The number of likely N-dealkylation sites (N-methyl/N-ethyl adjacent to an activating group) is 1. The van der Waals surface area contributed by atoms with E-state index in [0.29, 0.717) is 12.6 Å². The molecule has 3 nitrogen and oxygen atoms in total. The zero-order valence-corrected chi connectivity index (χ0v) is 14.5. The molecule has 3 unspecified atom stereocenters. The molecule has 0 aromatic carbocycles. The normalized spacial score (nSPS) is 25.9. The maximum Gasteiger partial charge on any atom is 0.0843 e. The Morgan fingerprint density at radius 2 is 2.33 bits per heavy atom. The third-order valence-corrected chi connectivity index (χ3v) is 6.92. The van der Waals surface area contributed by atoms with Crippen molar-refractivity contribution >= 4 is 43.2 Å². The number of nitrogens with two attached hydrogens (primary N) is 1. The number of hydrogen-bond acceptors (Lipinski definition) is 4. The molecular weight excluding hydrogens is 380 g/mol. The van der Waals surface area contributed by atoms with Crippen LogP contribution in [0, 0.1) is 0 Å². The van der Waals surface area contributed by atoms with Gasteiger partial charge in [0.2, 0.25) is 0 Å². The molecule has 0 spiro atoms. The van der Waals surface area contributed by atoms with E-state index in [4.69, 9.17) is 10.5 Å². The third-order valence-electron chi connectivity index (χ3n) is 3.57. The second-order valence-electron chi connectivity index (χ2n) is 4.62. The lowest BCUT2D eigenvalue weighted by molar-refractivity contribution is 0.0692. The van der Waals surface area contributed by atoms with E-state index < -0.39 is 0 Å². The van der Waals surface area contributed by atoms with E-state index in [0.717, 1.165) is 21.3 Å². The van der Waals surface area contributed by atoms with Gasteiger partial charge in [-0.05, 0) is 58.3 Å². The van der Waals surface area contributed by atoms with Crippen molar-refractivity contribution in [3.8, 4) is 0 Å². The Bertz CT molecular complexity index is 393. The monoisotopic (exact) mass is 396 g/mol. The Balaban J connectivity index is 2.17. The van der Waals surface area contributed by atoms with Crippen LogP contribution in [-0.2, 0) is 4.74 Å². The summed E-state index contributed by atoms with van der Waals surface area (Å²) in [5.74, 6) is 0. The predicted molar refractivity (Wildman–Crippen MR) is 83.1 cm³/mol. The van der Waals surface area contributed by atoms with Gasteiger partial charge in [0.25, 0.3) is 0 Å². The molecule has 0 radical (unpaired) electrons. The summed E-state index contributed by atoms with van der Waals surface area (Å²) in [6, 6.07) is 2.87. The lowest BCUT2D eigenvalue weighted by Crippen LogP contribution is -2.41. The van der Waals surface area contributed by atoms with Gasteiger partial charge in [-0.3, -0.25) is 4.90 Å². The highest BCUT2D eigenvalue weighted by Gasteiger charge is 2.32. The zero-order valence-electron chi connectivity index (χ0n) is 10.5. The number of hydrogen-bond donors (Lipinski definition) is 1. The summed E-state index contributed by atoms with van der Waals surface area (Å²) >= 11 is 8.83. The van der Waals surface area contributed by atoms with Crippen molar-refractivity contribution < 1.29 is 4.74 Å². The van der Waals surface area contributed by atoms with Crippen LogP contribution in [0.2, 0.25) is 0 Å². The number of nitrogens with zero attached hydrogens (tertiary/aromatic N) is 1. The van der Waals surface area contributed by atoms with Crippen molar-refractivity contribution in [2.45, 2.75) is 31.5 Å². The molecule has 2 N–H and O–H groups in total. The lowest BCUT2D eigenvalue weighted by atomic mass is 10.1. The maximum atomic E-state index is 5.97. The van der Waals surface area contributed by atoms with Crippen LogP contribution >= 0.6 is 43.2 Å². The summed E-state index contributed by atoms with van der Waals surface area (Å²) in [5.41, 5.74) is 5.97. The summed E-state index contributed by atoms with van der Waals surface area (Å²) < 4.78 is 7.88. The van der Waals surface area contributed by atoms with Gasteiger partial charge in [-0.25, -0.2) is 0 Å². The highest BCUT2D eigenvalue weighted by molar-refractivity contribution is 9.13. The second-order valence-corrected chi connectivity index (χ2v) is 7.88. The van der Waals surface area contributed by atoms with Crippen LogP contribution in [0.15, 0.2) is 14.3 Å². The van der Waals surface area contributed by atoms with Crippen LogP contribution in [0.5, 0.6) is 0 Å². The lowest BCUT2D eigenvalue weighted by Gasteiger charge is -2.33. The van der Waals surface area contributed by atoms with Crippen molar-refractivity contribution in [3.05, 3.63) is 19.2 Å². The fourth-order valence-electron chi connectivity index (χ4n) is 2.50. The number of rotatable bonds is 4. The first kappa shape index (κ1) is 14.9. The molecule has 102 valence electrons. The molecule has 1 aliphatic rings. The van der Waals surface area contributed by atoms with E-state index in [-0.39, 0.29) is 12.1 Å². The van der Waals surface area contributed by atoms with Crippen LogP contribution in [0.4, 0.5) is 0 Å². The molecule has 0 bridgehead atoms. The van der Waals surface area contributed by atoms with E-state index in [1.54, 1.807) is 11.3 Å². The molecular formula is C12H18Br2N2OS. The molecule has 1 aliphatic heterocycles. The molecule has 1 saturated heterocycles. The fourth-order valence-corrected chi connectivity index (χ4v) is 4.75. The largest absolute Gasteiger partial charge is 0.377 e. The van der Waals surface area contributed by atoms with Gasteiger partial charge in [0.05, 0.1) is 15.9 Å². The summed E-state index contributed by atoms with van der Waals surface area (Å²) in [6.45, 7) is 3.62. The Labute approximate surface area is 129 Å². The number of thiophene rings is 1. The van der Waals surface area contributed by atoms with Crippen LogP contribution in [0.25, 0.3) is 0 Å². The van der Waals surface area contributed by atoms with Crippen molar-refractivity contribution in [3.63, 3.8) is 0 Å². The summed E-state index contributed by atoms with van der Waals surface area (Å²) in [6.07, 6.45) is 1.37. The van der Waals surface area contributed by atoms with Gasteiger partial charge >= 0.3 is 0 Å². The third kappa shape index (κ3) is 2.99. The van der Waals surface area contributed by atoms with E-state index in [1.807, 2.05) is 0 Å². The van der Waals surface area contributed by atoms with Crippen molar-refractivity contribution in [2.75, 3.05) is 20.2 Å². The Kier molecular flexibility index (Phi) is 5.25. The Morgan fingerprint density at radius 3 is 2.78 bits per heavy atom. The van der Waals surface area contributed by atoms with Gasteiger partial charge in [-0.1, -0.05) is 0 Å². The fraction of sp³-hybridized carbons (Fsp3) is 0.667. The highest BCUT2D eigenvalue weighted by atomic mass is 79.9. The minimum Gasteiger partial charge on any atom is -0.377 e. The Morgan fingerprint density at radius 1 is 1.61 bits per heavy atom. The zero-order chi connectivity index (χ0) is 13.3. The van der Waals surface area contributed by atoms with Crippen LogP contribution in [0.1, 0.15) is 24.3 Å². The molecule has 18 heavy (non-hydrogen) atoms. The average molecular weight is 398 g/mol. The topological polar surface area (TPSA) is 38.5 Å². The van der Waals surface area contributed by atoms with E-state index in [2.05, 4.69) is 56.8 Å². The second kappa shape index (κ2) is 6.33. The molecule has 1 aromatic heterocycles. The standard InChI is InChI=1S/C12H18Br2N2OS/c1-7-9(3-4-17-7)16(2)10(6-15)11-5-8(13)12(14)18-11/h5,7,9-10H,3-4,6,15H2,1-2H3. The van der Waals surface area contributed by atoms with E-state index in [9.17, 15) is 0 Å². The van der Waals surface area contributed by atoms with Gasteiger partial charge in [0.15, 0.2) is 0 Å². The molecule has 1 aromatic rings. The first-order valence-electron chi connectivity index (χ1n) is 6.03. The number of ether oxygens (including phenoxy) is 1. The van der Waals surface area contributed by atoms with Crippen LogP contribution in [-0.4, -0.2) is 37.2 Å². The average Bonchev–Trinajstić information content (AvgIpc) is 2.87. The van der Waals surface area contributed by atoms with E-state index >= 15 is 0 Å². The SMILES string of the molecule is CC1OCCC1N(C)C(CN)c1cc(Br)c(Br)s1. The molecule has 0 aliphatic carbocycles. The van der Waals surface area contributed by atoms with Crippen molar-refractivity contribution in [1.29, 1.82) is 0 Å². The Hall–Kier alpha value is 0.540. The smallest absolute Gasteiger partial charge is 0.0843 e. The molecule has 0 amide bonds. The highest BCUT2D eigenvalue weighted by Crippen LogP contribution is 2.38. The molecule has 1 fully saturated rings. The maximum absolute atomic E-state index is 5.97. The summed E-state index contributed by atoms with van der Waals surface area (Å²) in [4.78, 5) is 3.65. The van der Waals surface area contributed by atoms with Gasteiger partial charge in [-0.15, -0.1) is 11.3 Å². The summed E-state index contributed by atoms with van der Waals surface area (Å²) in [5, 5.41) is 0. The molecule has 0 saturated carbocycles. The van der Waals surface area contributed by atoms with Crippen LogP contribution < -0.4 is 5.73 Å². The van der Waals surface area contributed by atoms with Gasteiger partial charge < -0.3 is 10.5 Å². The first-order valence-corrected chi connectivity index (χ1v) is 8.43. The first-order chi connectivity index (χ1) is 8.54. The predicted octanol–water partition coefficient (Wildman–Crippen LogP) is 3.38. The minimum absolute atomic E-state index is 0.256. The van der Waals surface area contributed by atoms with E-state index in [1.165, 1.54) is 4.88 Å². The number of halogens is 2. The van der Waals surface area contributed by atoms with Crippen molar-refractivity contribution in [2.24, 2.45) is 5.73 Å². The van der Waals surface area contributed by atoms with Crippen molar-refractivity contribution in [1.82, 2.24) is 4.90 Å². The van der Waals surface area contributed by atoms with Gasteiger partial charge in [0, 0.05) is 28.5 Å². The molecule has 3 atom stereocenters. The van der Waals surface area contributed by atoms with Crippen LogP contribution in [0.3, 0.4) is 0 Å². The molecule has 2 rings (SSSR count). The minimum atomic E-state index is 0.256. The quantitative estimate of drug-likeness (QED) is 0.846.